The number of aromatic nitrogens is 1. The zero-order valence-electron chi connectivity index (χ0n) is 10.1. The summed E-state index contributed by atoms with van der Waals surface area (Å²) in [4.78, 5) is 7.96. The van der Waals surface area contributed by atoms with Crippen molar-refractivity contribution in [3.63, 3.8) is 0 Å². The molecule has 2 N–H and O–H groups in total. The lowest BCUT2D eigenvalue weighted by Gasteiger charge is -2.18. The lowest BCUT2D eigenvalue weighted by atomic mass is 9.82. The molecule has 4 rings (SSSR count). The number of ether oxygens (including phenoxy) is 1. The van der Waals surface area contributed by atoms with Gasteiger partial charge in [0.15, 0.2) is 5.13 Å². The van der Waals surface area contributed by atoms with Crippen molar-refractivity contribution in [1.29, 1.82) is 0 Å². The van der Waals surface area contributed by atoms with Gasteiger partial charge in [-0.15, -0.1) is 23.7 Å². The van der Waals surface area contributed by atoms with Gasteiger partial charge >= 0.3 is 0 Å². The molecule has 3 aliphatic heterocycles. The summed E-state index contributed by atoms with van der Waals surface area (Å²) in [6.45, 7) is 3.41. The topological polar surface area (TPSA) is 51.4 Å². The van der Waals surface area contributed by atoms with Crippen LogP contribution in [0.1, 0.15) is 17.7 Å². The minimum Gasteiger partial charge on any atom is -0.375 e. The van der Waals surface area contributed by atoms with Gasteiger partial charge < -0.3 is 10.5 Å². The number of fused-ring (bicyclic) bond motifs is 5. The van der Waals surface area contributed by atoms with Crippen molar-refractivity contribution < 1.29 is 4.74 Å². The molecule has 3 fully saturated rings. The van der Waals surface area contributed by atoms with Crippen molar-refractivity contribution in [3.05, 3.63) is 11.1 Å². The molecule has 18 heavy (non-hydrogen) atoms. The molecule has 3 aliphatic rings. The van der Waals surface area contributed by atoms with Crippen LogP contribution in [-0.4, -0.2) is 35.2 Å². The summed E-state index contributed by atoms with van der Waals surface area (Å²) in [6.07, 6.45) is 5.60. The number of hydrogen-bond donors (Lipinski definition) is 1. The molecule has 4 atom stereocenters. The average molecular weight is 288 g/mol. The first-order chi connectivity index (χ1) is 8.29. The highest BCUT2D eigenvalue weighted by Crippen LogP contribution is 2.47. The quantitative estimate of drug-likeness (QED) is 0.900. The van der Waals surface area contributed by atoms with E-state index >= 15 is 0 Å². The Labute approximate surface area is 117 Å². The number of anilines is 1. The Hall–Kier alpha value is -0.360. The summed E-state index contributed by atoms with van der Waals surface area (Å²) in [5.74, 6) is 1.58. The lowest BCUT2D eigenvalue weighted by molar-refractivity contribution is 0.0698. The Balaban J connectivity index is 0.000001000. The Kier molecular flexibility index (Phi) is 3.26. The van der Waals surface area contributed by atoms with E-state index in [0.29, 0.717) is 17.3 Å². The van der Waals surface area contributed by atoms with Gasteiger partial charge in [-0.1, -0.05) is 0 Å². The first kappa shape index (κ1) is 12.7. The third-order valence-corrected chi connectivity index (χ3v) is 5.29. The second-order valence-corrected chi connectivity index (χ2v) is 6.62. The number of nitrogen functional groups attached to an aromatic ring is 1. The Morgan fingerprint density at radius 1 is 1.33 bits per heavy atom. The van der Waals surface area contributed by atoms with Crippen molar-refractivity contribution in [1.82, 2.24) is 9.88 Å². The van der Waals surface area contributed by atoms with E-state index in [0.717, 1.165) is 18.4 Å². The molecule has 2 bridgehead atoms. The fourth-order valence-corrected chi connectivity index (χ4v) is 4.52. The van der Waals surface area contributed by atoms with Gasteiger partial charge in [0.2, 0.25) is 0 Å². The van der Waals surface area contributed by atoms with E-state index < -0.39 is 0 Å². The standard InChI is InChI=1S/C12H17N3OS.ClH/c13-12-14-3-7(17-12)4-15-5-8-9(6-15)11-2-1-10(8)16-11;/h3,8-11H,1-2,4-6H2,(H2,13,14);1H. The highest BCUT2D eigenvalue weighted by molar-refractivity contribution is 7.15. The summed E-state index contributed by atoms with van der Waals surface area (Å²) in [5.41, 5.74) is 5.67. The zero-order chi connectivity index (χ0) is 11.4. The molecule has 0 aliphatic carbocycles. The first-order valence-electron chi connectivity index (χ1n) is 6.37. The molecule has 100 valence electrons. The highest BCUT2D eigenvalue weighted by atomic mass is 35.5. The van der Waals surface area contributed by atoms with Crippen LogP contribution in [0.2, 0.25) is 0 Å². The van der Waals surface area contributed by atoms with E-state index in [1.807, 2.05) is 6.20 Å². The third-order valence-electron chi connectivity index (χ3n) is 4.48. The molecule has 0 aromatic carbocycles. The number of nitrogens with two attached hydrogens (primary N) is 1. The minimum absolute atomic E-state index is 0. The van der Waals surface area contributed by atoms with E-state index in [4.69, 9.17) is 10.5 Å². The maximum Gasteiger partial charge on any atom is 0.180 e. The first-order valence-corrected chi connectivity index (χ1v) is 7.19. The Morgan fingerprint density at radius 3 is 2.56 bits per heavy atom. The maximum absolute atomic E-state index is 5.99. The molecule has 0 saturated carbocycles. The monoisotopic (exact) mass is 287 g/mol. The van der Waals surface area contributed by atoms with E-state index in [1.165, 1.54) is 30.8 Å². The molecule has 0 amide bonds. The van der Waals surface area contributed by atoms with Gasteiger partial charge in [-0.25, -0.2) is 4.98 Å². The van der Waals surface area contributed by atoms with Gasteiger partial charge in [-0.3, -0.25) is 4.90 Å². The molecule has 0 radical (unpaired) electrons. The van der Waals surface area contributed by atoms with Gasteiger partial charge in [0.1, 0.15) is 0 Å². The highest BCUT2D eigenvalue weighted by Gasteiger charge is 2.52. The summed E-state index contributed by atoms with van der Waals surface area (Å²) >= 11 is 1.61. The second kappa shape index (κ2) is 4.63. The fourth-order valence-electron chi connectivity index (χ4n) is 3.79. The number of thiazole rings is 1. The zero-order valence-corrected chi connectivity index (χ0v) is 11.8. The SMILES string of the molecule is Cl.Nc1ncc(CN2CC3C4CCC(O4)C3C2)s1. The van der Waals surface area contributed by atoms with E-state index in [1.54, 1.807) is 11.3 Å². The van der Waals surface area contributed by atoms with Crippen molar-refractivity contribution >= 4 is 28.9 Å². The van der Waals surface area contributed by atoms with Crippen LogP contribution in [0.5, 0.6) is 0 Å². The van der Waals surface area contributed by atoms with Crippen LogP contribution in [0.3, 0.4) is 0 Å². The van der Waals surface area contributed by atoms with Gasteiger partial charge in [-0.2, -0.15) is 0 Å². The molecule has 4 unspecified atom stereocenters. The lowest BCUT2D eigenvalue weighted by Crippen LogP contribution is -2.24. The smallest absolute Gasteiger partial charge is 0.180 e. The fraction of sp³-hybridized carbons (Fsp3) is 0.750. The number of hydrogen-bond acceptors (Lipinski definition) is 5. The van der Waals surface area contributed by atoms with Gasteiger partial charge in [0, 0.05) is 42.5 Å². The number of likely N-dealkylation sites (tertiary alicyclic amines) is 1. The summed E-state index contributed by atoms with van der Waals surface area (Å²) in [6, 6.07) is 0. The van der Waals surface area contributed by atoms with E-state index in [9.17, 15) is 0 Å². The van der Waals surface area contributed by atoms with Crippen LogP contribution in [0, 0.1) is 11.8 Å². The van der Waals surface area contributed by atoms with E-state index in [2.05, 4.69) is 9.88 Å². The molecule has 4 heterocycles. The molecular weight excluding hydrogens is 270 g/mol. The van der Waals surface area contributed by atoms with Gasteiger partial charge in [-0.05, 0) is 12.8 Å². The van der Waals surface area contributed by atoms with Crippen molar-refractivity contribution in [2.45, 2.75) is 31.6 Å². The largest absolute Gasteiger partial charge is 0.375 e. The van der Waals surface area contributed by atoms with Crippen LogP contribution >= 0.6 is 23.7 Å². The van der Waals surface area contributed by atoms with Crippen molar-refractivity contribution in [2.24, 2.45) is 11.8 Å². The van der Waals surface area contributed by atoms with Crippen molar-refractivity contribution in [3.8, 4) is 0 Å². The predicted octanol–water partition coefficient (Wildman–Crippen LogP) is 1.76. The molecule has 0 spiro atoms. The molecule has 1 aromatic heterocycles. The summed E-state index contributed by atoms with van der Waals surface area (Å²) in [5, 5.41) is 0.683. The maximum atomic E-state index is 5.99. The Morgan fingerprint density at radius 2 is 2.00 bits per heavy atom. The minimum atomic E-state index is 0. The summed E-state index contributed by atoms with van der Waals surface area (Å²) < 4.78 is 5.99. The Bertz CT molecular complexity index is 423. The van der Waals surface area contributed by atoms with Gasteiger partial charge in [0.25, 0.3) is 0 Å². The molecule has 6 heteroatoms. The molecule has 3 saturated heterocycles. The second-order valence-electron chi connectivity index (χ2n) is 5.48. The normalized spacial score (nSPS) is 37.8. The van der Waals surface area contributed by atoms with E-state index in [-0.39, 0.29) is 12.4 Å². The summed E-state index contributed by atoms with van der Waals surface area (Å²) in [7, 11) is 0. The van der Waals surface area contributed by atoms with Crippen LogP contribution in [0.4, 0.5) is 5.13 Å². The molecular formula is C12H18ClN3OS. The molecule has 1 aromatic rings. The van der Waals surface area contributed by atoms with Crippen molar-refractivity contribution in [2.75, 3.05) is 18.8 Å². The number of halogens is 1. The predicted molar refractivity (Wildman–Crippen MR) is 73.9 cm³/mol. The van der Waals surface area contributed by atoms with Crippen LogP contribution in [0.15, 0.2) is 6.20 Å². The average Bonchev–Trinajstić information content (AvgIpc) is 2.99. The van der Waals surface area contributed by atoms with Crippen LogP contribution in [-0.2, 0) is 11.3 Å². The third kappa shape index (κ3) is 1.93. The molecule has 4 nitrogen and oxygen atoms in total. The van der Waals surface area contributed by atoms with Crippen LogP contribution < -0.4 is 5.73 Å². The van der Waals surface area contributed by atoms with Gasteiger partial charge in [0.05, 0.1) is 12.2 Å². The van der Waals surface area contributed by atoms with Crippen LogP contribution in [0.25, 0.3) is 0 Å². The number of nitrogens with zero attached hydrogens (tertiary/aromatic N) is 2. The number of rotatable bonds is 2.